The number of rotatable bonds is 4. The number of hydrogen-bond donors (Lipinski definition) is 1. The number of esters is 1. The Bertz CT molecular complexity index is 856. The largest absolute Gasteiger partial charge is 0.464 e. The number of carbonyl (C=O) groups excluding carboxylic acids is 1. The van der Waals surface area contributed by atoms with Crippen LogP contribution in [0, 0.1) is 0 Å². The topological polar surface area (TPSA) is 91.4 Å². The molecule has 0 spiro atoms. The van der Waals surface area contributed by atoms with E-state index in [0.29, 0.717) is 10.0 Å². The van der Waals surface area contributed by atoms with E-state index in [1.807, 2.05) is 0 Å². The van der Waals surface area contributed by atoms with Gasteiger partial charge in [0.2, 0.25) is 0 Å². The van der Waals surface area contributed by atoms with Gasteiger partial charge in [-0.1, -0.05) is 28.6 Å². The molecule has 0 saturated heterocycles. The number of aromatic nitrogens is 1. The molecule has 0 fully saturated rings. The number of methoxy groups -OCH3 is 1. The van der Waals surface area contributed by atoms with Crippen LogP contribution in [0.4, 0.5) is 5.69 Å². The third-order valence-electron chi connectivity index (χ3n) is 2.95. The third kappa shape index (κ3) is 2.79. The molecular formula is C14H13BrN2O4S. The maximum atomic E-state index is 12.8. The number of hydrogen-bond acceptors (Lipinski definition) is 5. The Morgan fingerprint density at radius 1 is 1.41 bits per heavy atom. The Labute approximate surface area is 136 Å². The summed E-state index contributed by atoms with van der Waals surface area (Å²) in [4.78, 5) is 11.7. The lowest BCUT2D eigenvalue weighted by molar-refractivity contribution is 0.0593. The molecule has 2 N–H and O–H groups in total. The van der Waals surface area contributed by atoms with Gasteiger partial charge in [0.15, 0.2) is 0 Å². The van der Waals surface area contributed by atoms with Crippen molar-refractivity contribution in [1.82, 2.24) is 3.97 Å². The third-order valence-corrected chi connectivity index (χ3v) is 5.19. The second kappa shape index (κ2) is 5.98. The van der Waals surface area contributed by atoms with Gasteiger partial charge < -0.3 is 10.5 Å². The van der Waals surface area contributed by atoms with Gasteiger partial charge in [-0.2, -0.15) is 0 Å². The summed E-state index contributed by atoms with van der Waals surface area (Å²) in [5.74, 6) is -0.771. The molecule has 1 aromatic carbocycles. The number of anilines is 1. The van der Waals surface area contributed by atoms with Crippen LogP contribution in [-0.2, 0) is 14.8 Å². The van der Waals surface area contributed by atoms with E-state index in [9.17, 15) is 13.2 Å². The number of nitrogens with two attached hydrogens (primary N) is 1. The smallest absolute Gasteiger partial charge is 0.355 e. The summed E-state index contributed by atoms with van der Waals surface area (Å²) >= 11 is 3.21. The van der Waals surface area contributed by atoms with Crippen LogP contribution in [-0.4, -0.2) is 25.5 Å². The molecule has 1 aromatic heterocycles. The fourth-order valence-corrected chi connectivity index (χ4v) is 3.72. The van der Waals surface area contributed by atoms with E-state index in [4.69, 9.17) is 5.73 Å². The van der Waals surface area contributed by atoms with Gasteiger partial charge in [0.1, 0.15) is 10.6 Å². The molecule has 2 rings (SSSR count). The highest BCUT2D eigenvalue weighted by molar-refractivity contribution is 9.10. The Hall–Kier alpha value is -2.06. The number of carbonyl (C=O) groups is 1. The number of ether oxygens (including phenoxy) is 1. The fraction of sp³-hybridized carbons (Fsp3) is 0.0714. The van der Waals surface area contributed by atoms with E-state index >= 15 is 0 Å². The minimum atomic E-state index is -4.04. The maximum absolute atomic E-state index is 12.8. The molecule has 0 aliphatic rings. The summed E-state index contributed by atoms with van der Waals surface area (Å²) in [6, 6.07) is 5.77. The summed E-state index contributed by atoms with van der Waals surface area (Å²) in [6.45, 7) is 3.56. The van der Waals surface area contributed by atoms with Crippen molar-refractivity contribution in [3.8, 4) is 0 Å². The Morgan fingerprint density at radius 3 is 2.64 bits per heavy atom. The molecule has 0 atom stereocenters. The summed E-state index contributed by atoms with van der Waals surface area (Å²) in [6.07, 6.45) is 2.72. The van der Waals surface area contributed by atoms with Crippen molar-refractivity contribution in [3.05, 3.63) is 52.8 Å². The fourth-order valence-electron chi connectivity index (χ4n) is 1.89. The molecular weight excluding hydrogens is 372 g/mol. The van der Waals surface area contributed by atoms with Gasteiger partial charge in [-0.25, -0.2) is 17.2 Å². The van der Waals surface area contributed by atoms with Crippen LogP contribution >= 0.6 is 15.9 Å². The van der Waals surface area contributed by atoms with Gasteiger partial charge in [-0.3, -0.25) is 0 Å². The zero-order valence-electron chi connectivity index (χ0n) is 11.6. The Kier molecular flexibility index (Phi) is 4.43. The molecule has 0 aliphatic carbocycles. The summed E-state index contributed by atoms with van der Waals surface area (Å²) in [5, 5.41) is 0. The quantitative estimate of drug-likeness (QED) is 0.645. The van der Waals surface area contributed by atoms with Crippen molar-refractivity contribution in [2.24, 2.45) is 0 Å². The molecule has 0 aliphatic heterocycles. The van der Waals surface area contributed by atoms with Gasteiger partial charge >= 0.3 is 5.97 Å². The molecule has 8 heteroatoms. The van der Waals surface area contributed by atoms with Crippen LogP contribution in [0.25, 0.3) is 6.08 Å². The van der Waals surface area contributed by atoms with Crippen LogP contribution in [0.1, 0.15) is 16.1 Å². The number of nitrogens with zero attached hydrogens (tertiary/aromatic N) is 1. The molecule has 0 amide bonds. The average molecular weight is 385 g/mol. The van der Waals surface area contributed by atoms with Crippen LogP contribution < -0.4 is 5.73 Å². The van der Waals surface area contributed by atoms with E-state index in [1.165, 1.54) is 37.6 Å². The highest BCUT2D eigenvalue weighted by Crippen LogP contribution is 2.27. The highest BCUT2D eigenvalue weighted by atomic mass is 79.9. The van der Waals surface area contributed by atoms with Gasteiger partial charge in [0, 0.05) is 10.7 Å². The van der Waals surface area contributed by atoms with Gasteiger partial charge in [-0.15, -0.1) is 0 Å². The van der Waals surface area contributed by atoms with Crippen LogP contribution in [0.15, 0.2) is 46.4 Å². The monoisotopic (exact) mass is 384 g/mol. The van der Waals surface area contributed by atoms with Crippen molar-refractivity contribution in [2.45, 2.75) is 4.90 Å². The lowest BCUT2D eigenvalue weighted by Crippen LogP contribution is -2.19. The Balaban J connectivity index is 2.70. The molecule has 116 valence electrons. The standard InChI is InChI=1S/C14H13BrN2O4S/c1-3-9-6-12(14(18)21-2)17(8-9)22(19,20)13-5-4-10(15)7-11(13)16/h3-8H,1,16H2,2H3. The lowest BCUT2D eigenvalue weighted by Gasteiger charge is -2.11. The molecule has 0 bridgehead atoms. The van der Waals surface area contributed by atoms with Crippen molar-refractivity contribution in [3.63, 3.8) is 0 Å². The molecule has 6 nitrogen and oxygen atoms in total. The zero-order valence-corrected chi connectivity index (χ0v) is 14.0. The first kappa shape index (κ1) is 16.3. The van der Waals surface area contributed by atoms with Crippen LogP contribution in [0.5, 0.6) is 0 Å². The molecule has 0 unspecified atom stereocenters. The molecule has 22 heavy (non-hydrogen) atoms. The first-order valence-corrected chi connectivity index (χ1v) is 8.28. The van der Waals surface area contributed by atoms with E-state index in [1.54, 1.807) is 6.07 Å². The van der Waals surface area contributed by atoms with Crippen molar-refractivity contribution in [1.29, 1.82) is 0 Å². The predicted molar refractivity (Wildman–Crippen MR) is 87.0 cm³/mol. The van der Waals surface area contributed by atoms with E-state index in [0.717, 1.165) is 3.97 Å². The minimum Gasteiger partial charge on any atom is -0.464 e. The second-order valence-corrected chi connectivity index (χ2v) is 7.04. The number of benzene rings is 1. The minimum absolute atomic E-state index is 0.0686. The predicted octanol–water partition coefficient (Wildman–Crippen LogP) is 2.50. The molecule has 0 saturated carbocycles. The van der Waals surface area contributed by atoms with E-state index in [-0.39, 0.29) is 16.3 Å². The van der Waals surface area contributed by atoms with E-state index in [2.05, 4.69) is 27.2 Å². The number of nitrogen functional groups attached to an aromatic ring is 1. The first-order valence-electron chi connectivity index (χ1n) is 6.05. The van der Waals surface area contributed by atoms with Crippen molar-refractivity contribution >= 4 is 43.7 Å². The molecule has 0 radical (unpaired) electrons. The molecule has 2 aromatic rings. The van der Waals surface area contributed by atoms with Gasteiger partial charge in [0.05, 0.1) is 12.8 Å². The molecule has 1 heterocycles. The maximum Gasteiger partial charge on any atom is 0.355 e. The first-order chi connectivity index (χ1) is 10.3. The van der Waals surface area contributed by atoms with Crippen LogP contribution in [0.2, 0.25) is 0 Å². The van der Waals surface area contributed by atoms with E-state index < -0.39 is 16.0 Å². The summed E-state index contributed by atoms with van der Waals surface area (Å²) in [5.41, 5.74) is 6.20. The van der Waals surface area contributed by atoms with Gasteiger partial charge in [-0.05, 0) is 29.8 Å². The lowest BCUT2D eigenvalue weighted by atomic mass is 10.3. The second-order valence-electron chi connectivity index (χ2n) is 4.34. The number of halogens is 1. The van der Waals surface area contributed by atoms with Crippen molar-refractivity contribution < 1.29 is 17.9 Å². The summed E-state index contributed by atoms with van der Waals surface area (Å²) in [7, 11) is -2.86. The highest BCUT2D eigenvalue weighted by Gasteiger charge is 2.26. The summed E-state index contributed by atoms with van der Waals surface area (Å²) < 4.78 is 31.6. The average Bonchev–Trinajstić information content (AvgIpc) is 2.91. The Morgan fingerprint density at radius 2 is 2.09 bits per heavy atom. The normalized spacial score (nSPS) is 11.2. The van der Waals surface area contributed by atoms with Crippen LogP contribution in [0.3, 0.4) is 0 Å². The SMILES string of the molecule is C=Cc1cc(C(=O)OC)n(S(=O)(=O)c2ccc(Br)cc2N)c1. The zero-order chi connectivity index (χ0) is 16.5. The van der Waals surface area contributed by atoms with Gasteiger partial charge in [0.25, 0.3) is 10.0 Å². The van der Waals surface area contributed by atoms with Crippen molar-refractivity contribution in [2.75, 3.05) is 12.8 Å².